The maximum absolute atomic E-state index is 12.1. The van der Waals surface area contributed by atoms with Crippen LogP contribution in [-0.4, -0.2) is 41.1 Å². The number of nitrogens with one attached hydrogen (secondary N) is 1. The molecule has 2 fully saturated rings. The Morgan fingerprint density at radius 2 is 2.32 bits per heavy atom. The van der Waals surface area contributed by atoms with Gasteiger partial charge in [-0.3, -0.25) is 9.69 Å². The summed E-state index contributed by atoms with van der Waals surface area (Å²) in [5.74, 6) is 1.14. The molecule has 5 heteroatoms. The first-order chi connectivity index (χ1) is 9.17. The van der Waals surface area contributed by atoms with Crippen molar-refractivity contribution in [1.82, 2.24) is 15.4 Å². The van der Waals surface area contributed by atoms with Crippen LogP contribution in [0.15, 0.2) is 10.6 Å². The molecular weight excluding hydrogens is 242 g/mol. The molecule has 1 unspecified atom stereocenters. The van der Waals surface area contributed by atoms with Crippen molar-refractivity contribution in [2.75, 3.05) is 13.1 Å². The van der Waals surface area contributed by atoms with Crippen LogP contribution in [0.1, 0.15) is 42.9 Å². The largest absolute Gasteiger partial charge is 0.361 e. The fourth-order valence-electron chi connectivity index (χ4n) is 2.76. The molecule has 5 nitrogen and oxygen atoms in total. The Morgan fingerprint density at radius 1 is 1.53 bits per heavy atom. The van der Waals surface area contributed by atoms with Crippen LogP contribution in [0.3, 0.4) is 0 Å². The minimum atomic E-state index is -0.113. The second kappa shape index (κ2) is 4.96. The first-order valence-electron chi connectivity index (χ1n) is 7.18. The number of rotatable bonds is 4. The van der Waals surface area contributed by atoms with E-state index in [1.165, 1.54) is 12.8 Å². The average molecular weight is 263 g/mol. The van der Waals surface area contributed by atoms with E-state index in [9.17, 15) is 4.79 Å². The molecule has 1 aromatic rings. The second-order valence-electron chi connectivity index (χ2n) is 5.77. The molecule has 0 aromatic carbocycles. The van der Waals surface area contributed by atoms with Crippen molar-refractivity contribution < 1.29 is 9.32 Å². The molecule has 0 radical (unpaired) electrons. The average Bonchev–Trinajstić information content (AvgIpc) is 3.02. The van der Waals surface area contributed by atoms with Crippen molar-refractivity contribution in [3.63, 3.8) is 0 Å². The van der Waals surface area contributed by atoms with Crippen LogP contribution in [0.4, 0.5) is 0 Å². The van der Waals surface area contributed by atoms with E-state index in [0.717, 1.165) is 31.3 Å². The Balaban J connectivity index is 1.59. The Labute approximate surface area is 113 Å². The topological polar surface area (TPSA) is 58.4 Å². The lowest BCUT2D eigenvalue weighted by molar-refractivity contribution is 0.0922. The highest BCUT2D eigenvalue weighted by Crippen LogP contribution is 2.31. The lowest BCUT2D eigenvalue weighted by Gasteiger charge is -2.16. The van der Waals surface area contributed by atoms with Crippen molar-refractivity contribution in [2.24, 2.45) is 5.92 Å². The molecule has 1 N–H and O–H groups in total. The van der Waals surface area contributed by atoms with Gasteiger partial charge in [0.25, 0.3) is 5.91 Å². The summed E-state index contributed by atoms with van der Waals surface area (Å²) in [6.07, 6.45) is 3.39. The number of aryl methyl sites for hydroxylation is 1. The van der Waals surface area contributed by atoms with Crippen molar-refractivity contribution in [2.45, 2.75) is 45.2 Å². The van der Waals surface area contributed by atoms with E-state index in [0.29, 0.717) is 11.6 Å². The molecule has 0 spiro atoms. The highest BCUT2D eigenvalue weighted by atomic mass is 16.5. The predicted octanol–water partition coefficient (Wildman–Crippen LogP) is 1.45. The van der Waals surface area contributed by atoms with E-state index >= 15 is 0 Å². The van der Waals surface area contributed by atoms with Crippen LogP contribution in [0.2, 0.25) is 0 Å². The van der Waals surface area contributed by atoms with E-state index in [1.54, 1.807) is 6.07 Å². The van der Waals surface area contributed by atoms with Crippen molar-refractivity contribution in [1.29, 1.82) is 0 Å². The van der Waals surface area contributed by atoms with Crippen LogP contribution in [0, 0.1) is 5.92 Å². The second-order valence-corrected chi connectivity index (χ2v) is 5.77. The highest BCUT2D eigenvalue weighted by Gasteiger charge is 2.38. The number of hydrogen-bond donors (Lipinski definition) is 1. The van der Waals surface area contributed by atoms with Gasteiger partial charge in [0.05, 0.1) is 0 Å². The minimum absolute atomic E-state index is 0.113. The molecule has 1 aromatic heterocycles. The minimum Gasteiger partial charge on any atom is -0.361 e. The highest BCUT2D eigenvalue weighted by molar-refractivity contribution is 5.92. The van der Waals surface area contributed by atoms with Crippen molar-refractivity contribution in [3.8, 4) is 0 Å². The third-order valence-corrected chi connectivity index (χ3v) is 4.16. The van der Waals surface area contributed by atoms with Gasteiger partial charge in [0.2, 0.25) is 0 Å². The number of carbonyl (C=O) groups is 1. The van der Waals surface area contributed by atoms with Gasteiger partial charge in [-0.05, 0) is 18.8 Å². The van der Waals surface area contributed by atoms with Gasteiger partial charge in [-0.25, -0.2) is 0 Å². The summed E-state index contributed by atoms with van der Waals surface area (Å²) in [6, 6.07) is 2.73. The molecule has 1 aliphatic carbocycles. The zero-order valence-corrected chi connectivity index (χ0v) is 11.6. The molecule has 0 bridgehead atoms. The summed E-state index contributed by atoms with van der Waals surface area (Å²) >= 11 is 0. The van der Waals surface area contributed by atoms with Gasteiger partial charge in [0.15, 0.2) is 5.69 Å². The van der Waals surface area contributed by atoms with Gasteiger partial charge in [-0.1, -0.05) is 19.0 Å². The third-order valence-electron chi connectivity index (χ3n) is 4.16. The number of likely N-dealkylation sites (tertiary alicyclic amines) is 1. The van der Waals surface area contributed by atoms with Crippen molar-refractivity contribution in [3.05, 3.63) is 17.5 Å². The molecule has 1 saturated heterocycles. The molecule has 19 heavy (non-hydrogen) atoms. The first kappa shape index (κ1) is 12.7. The molecular formula is C14H21N3O2. The SMILES string of the molecule is CCc1cc(C(=O)N[C@@H]2CN(C3CC3)CC2C)no1. The predicted molar refractivity (Wildman–Crippen MR) is 70.9 cm³/mol. The number of amides is 1. The molecule has 2 atom stereocenters. The summed E-state index contributed by atoms with van der Waals surface area (Å²) in [7, 11) is 0. The van der Waals surface area contributed by atoms with Crippen LogP contribution in [0.5, 0.6) is 0 Å². The molecule has 2 heterocycles. The summed E-state index contributed by atoms with van der Waals surface area (Å²) < 4.78 is 5.07. The molecule has 1 aliphatic heterocycles. The Morgan fingerprint density at radius 3 is 2.95 bits per heavy atom. The van der Waals surface area contributed by atoms with Gasteiger partial charge < -0.3 is 9.84 Å². The van der Waals surface area contributed by atoms with Crippen molar-refractivity contribution >= 4 is 5.91 Å². The number of aromatic nitrogens is 1. The quantitative estimate of drug-likeness (QED) is 0.893. The summed E-state index contributed by atoms with van der Waals surface area (Å²) in [4.78, 5) is 14.6. The van der Waals surface area contributed by atoms with Gasteiger partial charge in [0, 0.05) is 37.7 Å². The lowest BCUT2D eigenvalue weighted by Crippen LogP contribution is -2.40. The fourth-order valence-corrected chi connectivity index (χ4v) is 2.76. The van der Waals surface area contributed by atoms with Gasteiger partial charge in [-0.15, -0.1) is 0 Å². The van der Waals surface area contributed by atoms with E-state index in [4.69, 9.17) is 4.52 Å². The third kappa shape index (κ3) is 2.66. The van der Waals surface area contributed by atoms with Gasteiger partial charge in [-0.2, -0.15) is 0 Å². The van der Waals surface area contributed by atoms with E-state index in [1.807, 2.05) is 6.92 Å². The van der Waals surface area contributed by atoms with Gasteiger partial charge >= 0.3 is 0 Å². The van der Waals surface area contributed by atoms with Crippen LogP contribution in [-0.2, 0) is 6.42 Å². The summed E-state index contributed by atoms with van der Waals surface area (Å²) in [5, 5.41) is 6.91. The smallest absolute Gasteiger partial charge is 0.273 e. The zero-order chi connectivity index (χ0) is 13.4. The number of carbonyl (C=O) groups excluding carboxylic acids is 1. The number of nitrogens with zero attached hydrogens (tertiary/aromatic N) is 2. The van der Waals surface area contributed by atoms with E-state index in [-0.39, 0.29) is 11.9 Å². The monoisotopic (exact) mass is 263 g/mol. The molecule has 1 amide bonds. The first-order valence-corrected chi connectivity index (χ1v) is 7.18. The molecule has 1 saturated carbocycles. The fraction of sp³-hybridized carbons (Fsp3) is 0.714. The normalized spacial score (nSPS) is 27.7. The van der Waals surface area contributed by atoms with E-state index in [2.05, 4.69) is 22.3 Å². The summed E-state index contributed by atoms with van der Waals surface area (Å²) in [6.45, 7) is 6.24. The lowest BCUT2D eigenvalue weighted by atomic mass is 10.1. The van der Waals surface area contributed by atoms with E-state index < -0.39 is 0 Å². The van der Waals surface area contributed by atoms with Gasteiger partial charge in [0.1, 0.15) is 5.76 Å². The van der Waals surface area contributed by atoms with Crippen LogP contribution in [0.25, 0.3) is 0 Å². The Kier molecular flexibility index (Phi) is 3.31. The molecule has 3 rings (SSSR count). The standard InChI is InChI=1S/C14H21N3O2/c1-3-11-6-12(16-19-11)14(18)15-13-8-17(7-9(13)2)10-4-5-10/h6,9-10,13H,3-5,7-8H2,1-2H3,(H,15,18)/t9?,13-/m1/s1. The number of hydrogen-bond acceptors (Lipinski definition) is 4. The summed E-state index contributed by atoms with van der Waals surface area (Å²) in [5.41, 5.74) is 0.397. The Hall–Kier alpha value is -1.36. The van der Waals surface area contributed by atoms with Crippen LogP contribution >= 0.6 is 0 Å². The maximum atomic E-state index is 12.1. The molecule has 104 valence electrons. The Bertz CT molecular complexity index is 467. The zero-order valence-electron chi connectivity index (χ0n) is 11.6. The van der Waals surface area contributed by atoms with Crippen LogP contribution < -0.4 is 5.32 Å². The maximum Gasteiger partial charge on any atom is 0.273 e. The molecule has 2 aliphatic rings.